The van der Waals surface area contributed by atoms with E-state index in [1.807, 2.05) is 24.3 Å². The number of sulfonamides is 1. The van der Waals surface area contributed by atoms with Gasteiger partial charge in [-0.2, -0.15) is 5.10 Å². The van der Waals surface area contributed by atoms with Crippen molar-refractivity contribution in [1.82, 2.24) is 30.0 Å². The Hall–Kier alpha value is -2.75. The van der Waals surface area contributed by atoms with Crippen LogP contribution in [-0.2, 0) is 29.5 Å². The van der Waals surface area contributed by atoms with Crippen LogP contribution in [0.5, 0.6) is 0 Å². The normalized spacial score (nSPS) is 13.8. The van der Waals surface area contributed by atoms with Crippen molar-refractivity contribution in [2.45, 2.75) is 58.0 Å². The highest BCUT2D eigenvalue weighted by Crippen LogP contribution is 2.34. The highest BCUT2D eigenvalue weighted by Gasteiger charge is 2.35. The molecule has 0 fully saturated rings. The third kappa shape index (κ3) is 3.41. The number of unbranched alkanes of at least 4 members (excludes halogenated alkanes) is 1. The second kappa shape index (κ2) is 7.58. The molecule has 154 valence electrons. The van der Waals surface area contributed by atoms with E-state index in [1.165, 1.54) is 4.31 Å². The maximum Gasteiger partial charge on any atom is 0.268 e. The van der Waals surface area contributed by atoms with Gasteiger partial charge in [0.25, 0.3) is 10.0 Å². The summed E-state index contributed by atoms with van der Waals surface area (Å²) >= 11 is 0. The van der Waals surface area contributed by atoms with Crippen molar-refractivity contribution < 1.29 is 8.42 Å². The molecule has 1 aliphatic heterocycles. The third-order valence-electron chi connectivity index (χ3n) is 5.33. The van der Waals surface area contributed by atoms with Gasteiger partial charge in [0.15, 0.2) is 5.82 Å². The van der Waals surface area contributed by atoms with Crippen LogP contribution in [0.4, 0.5) is 5.69 Å². The Kier molecular flexibility index (Phi) is 5.12. The number of hydrogen-bond acceptors (Lipinski definition) is 6. The van der Waals surface area contributed by atoms with Crippen LogP contribution in [0.25, 0.3) is 0 Å². The number of nitrogens with zero attached hydrogens (tertiary/aromatic N) is 7. The van der Waals surface area contributed by atoms with Gasteiger partial charge in [0, 0.05) is 13.1 Å². The molecule has 4 rings (SSSR count). The second-order valence-electron chi connectivity index (χ2n) is 7.29. The van der Waals surface area contributed by atoms with Crippen LogP contribution in [0.2, 0.25) is 0 Å². The molecule has 0 bridgehead atoms. The van der Waals surface area contributed by atoms with E-state index in [9.17, 15) is 8.42 Å². The highest BCUT2D eigenvalue weighted by molar-refractivity contribution is 7.93. The Morgan fingerprint density at radius 2 is 1.93 bits per heavy atom. The third-order valence-corrected chi connectivity index (χ3v) is 7.39. The molecule has 0 saturated carbocycles. The summed E-state index contributed by atoms with van der Waals surface area (Å²) in [4.78, 5) is 0.266. The van der Waals surface area contributed by atoms with Crippen LogP contribution >= 0.6 is 0 Å². The van der Waals surface area contributed by atoms with Crippen LogP contribution in [0.15, 0.2) is 29.2 Å². The second-order valence-corrected chi connectivity index (χ2v) is 9.08. The number of hydrogen-bond donors (Lipinski definition) is 0. The zero-order valence-corrected chi connectivity index (χ0v) is 17.7. The van der Waals surface area contributed by atoms with E-state index in [-0.39, 0.29) is 4.90 Å². The Morgan fingerprint density at radius 3 is 2.72 bits per heavy atom. The predicted octanol–water partition coefficient (Wildman–Crippen LogP) is 2.09. The number of benzene rings is 1. The Balaban J connectivity index is 1.67. The first-order valence-electron chi connectivity index (χ1n) is 9.83. The zero-order chi connectivity index (χ0) is 20.6. The van der Waals surface area contributed by atoms with Gasteiger partial charge in [-0.1, -0.05) is 31.5 Å². The summed E-state index contributed by atoms with van der Waals surface area (Å²) in [6.45, 7) is 7.14. The summed E-state index contributed by atoms with van der Waals surface area (Å²) in [5.41, 5.74) is 2.88. The van der Waals surface area contributed by atoms with E-state index in [2.05, 4.69) is 27.5 Å². The van der Waals surface area contributed by atoms with E-state index >= 15 is 0 Å². The van der Waals surface area contributed by atoms with E-state index in [4.69, 9.17) is 0 Å². The largest absolute Gasteiger partial charge is 0.268 e. The molecule has 0 aliphatic carbocycles. The van der Waals surface area contributed by atoms with Crippen molar-refractivity contribution in [2.75, 3.05) is 10.8 Å². The number of rotatable bonds is 7. The van der Waals surface area contributed by atoms with E-state index < -0.39 is 10.0 Å². The van der Waals surface area contributed by atoms with Crippen LogP contribution in [0.1, 0.15) is 42.5 Å². The Labute approximate surface area is 170 Å². The van der Waals surface area contributed by atoms with Gasteiger partial charge in [-0.3, -0.25) is 8.99 Å². The van der Waals surface area contributed by atoms with Gasteiger partial charge in [-0.25, -0.2) is 13.1 Å². The van der Waals surface area contributed by atoms with Crippen molar-refractivity contribution >= 4 is 15.7 Å². The minimum Gasteiger partial charge on any atom is -0.266 e. The molecule has 0 radical (unpaired) electrons. The summed E-state index contributed by atoms with van der Waals surface area (Å²) in [7, 11) is -3.70. The number of anilines is 1. The van der Waals surface area contributed by atoms with Crippen molar-refractivity contribution in [2.24, 2.45) is 0 Å². The van der Waals surface area contributed by atoms with Gasteiger partial charge in [0.1, 0.15) is 11.4 Å². The lowest BCUT2D eigenvalue weighted by Crippen LogP contribution is -2.30. The van der Waals surface area contributed by atoms with E-state index in [0.717, 1.165) is 30.6 Å². The molecular formula is C19H25N7O2S. The first kappa shape index (κ1) is 19.6. The molecule has 0 N–H and O–H groups in total. The van der Waals surface area contributed by atoms with Gasteiger partial charge in [-0.05, 0) is 48.7 Å². The first-order chi connectivity index (χ1) is 13.9. The van der Waals surface area contributed by atoms with Gasteiger partial charge >= 0.3 is 0 Å². The monoisotopic (exact) mass is 415 g/mol. The van der Waals surface area contributed by atoms with Crippen molar-refractivity contribution in [3.63, 3.8) is 0 Å². The number of para-hydroxylation sites is 1. The maximum absolute atomic E-state index is 13.5. The average molecular weight is 416 g/mol. The fraction of sp³-hybridized carbons (Fsp3) is 0.474. The minimum absolute atomic E-state index is 0.266. The van der Waals surface area contributed by atoms with Crippen LogP contribution in [-0.4, -0.2) is 45.0 Å². The molecular weight excluding hydrogens is 390 g/mol. The van der Waals surface area contributed by atoms with Crippen LogP contribution in [0, 0.1) is 13.8 Å². The van der Waals surface area contributed by atoms with Gasteiger partial charge < -0.3 is 0 Å². The molecule has 1 aromatic carbocycles. The maximum atomic E-state index is 13.5. The summed E-state index contributed by atoms with van der Waals surface area (Å²) in [5.74, 6) is 0.666. The number of aromatic nitrogens is 6. The zero-order valence-electron chi connectivity index (χ0n) is 16.9. The minimum atomic E-state index is -3.70. The van der Waals surface area contributed by atoms with E-state index in [1.54, 1.807) is 23.2 Å². The van der Waals surface area contributed by atoms with Crippen LogP contribution in [0.3, 0.4) is 0 Å². The summed E-state index contributed by atoms with van der Waals surface area (Å²) in [6, 6.07) is 7.64. The fourth-order valence-corrected chi connectivity index (χ4v) is 5.71. The molecule has 0 unspecified atom stereocenters. The standard InChI is InChI=1S/C19H25N7O2S/c1-4-5-11-24-18(20-22-23-24)13-25-15(3)19(14(2)21-25)29(27,28)26-12-10-16-8-6-7-9-17(16)26/h6-9H,4-5,10-13H2,1-3H3. The highest BCUT2D eigenvalue weighted by atomic mass is 32.2. The molecule has 0 amide bonds. The quantitative estimate of drug-likeness (QED) is 0.586. The first-order valence-corrected chi connectivity index (χ1v) is 11.3. The predicted molar refractivity (Wildman–Crippen MR) is 108 cm³/mol. The van der Waals surface area contributed by atoms with Crippen molar-refractivity contribution in [1.29, 1.82) is 0 Å². The fourth-order valence-electron chi connectivity index (χ4n) is 3.83. The lowest BCUT2D eigenvalue weighted by atomic mass is 10.2. The molecule has 0 saturated heterocycles. The van der Waals surface area contributed by atoms with Crippen LogP contribution < -0.4 is 4.31 Å². The molecule has 0 spiro atoms. The average Bonchev–Trinajstić information content (AvgIpc) is 3.38. The summed E-state index contributed by atoms with van der Waals surface area (Å²) in [6.07, 6.45) is 2.73. The number of fused-ring (bicyclic) bond motifs is 1. The molecule has 10 heteroatoms. The molecule has 9 nitrogen and oxygen atoms in total. The molecule has 3 aromatic rings. The van der Waals surface area contributed by atoms with Gasteiger partial charge in [0.05, 0.1) is 17.1 Å². The number of aryl methyl sites for hydroxylation is 2. The molecule has 0 atom stereocenters. The van der Waals surface area contributed by atoms with E-state index in [0.29, 0.717) is 36.7 Å². The Morgan fingerprint density at radius 1 is 1.14 bits per heavy atom. The SMILES string of the molecule is CCCCn1nnnc1Cn1nc(C)c(S(=O)(=O)N2CCc3ccccc32)c1C. The molecule has 29 heavy (non-hydrogen) atoms. The lowest BCUT2D eigenvalue weighted by Gasteiger charge is -2.19. The van der Waals surface area contributed by atoms with Gasteiger partial charge in [-0.15, -0.1) is 5.10 Å². The summed E-state index contributed by atoms with van der Waals surface area (Å²) in [5, 5.41) is 16.4. The molecule has 3 heterocycles. The van der Waals surface area contributed by atoms with Crippen molar-refractivity contribution in [3.05, 3.63) is 47.0 Å². The molecule has 1 aliphatic rings. The summed E-state index contributed by atoms with van der Waals surface area (Å²) < 4.78 is 31.9. The smallest absolute Gasteiger partial charge is 0.266 e. The van der Waals surface area contributed by atoms with Gasteiger partial charge in [0.2, 0.25) is 0 Å². The molecule has 2 aromatic heterocycles. The topological polar surface area (TPSA) is 98.8 Å². The lowest BCUT2D eigenvalue weighted by molar-refractivity contribution is 0.511. The van der Waals surface area contributed by atoms with Crippen molar-refractivity contribution in [3.8, 4) is 0 Å². The number of tetrazole rings is 1. The Bertz CT molecular complexity index is 1130.